The van der Waals surface area contributed by atoms with Crippen LogP contribution in [0.15, 0.2) is 18.2 Å². The Kier molecular flexibility index (Phi) is 5.15. The van der Waals surface area contributed by atoms with E-state index < -0.39 is 5.82 Å². The SMILES string of the molecule is CC(NC(CO)CO)c1ccc(F)c(Cl)c1. The van der Waals surface area contributed by atoms with Gasteiger partial charge in [-0.15, -0.1) is 0 Å². The van der Waals surface area contributed by atoms with Gasteiger partial charge in [0.05, 0.1) is 24.3 Å². The van der Waals surface area contributed by atoms with Gasteiger partial charge in [0.2, 0.25) is 0 Å². The molecule has 3 nitrogen and oxygen atoms in total. The van der Waals surface area contributed by atoms with E-state index in [-0.39, 0.29) is 30.3 Å². The predicted octanol–water partition coefficient (Wildman–Crippen LogP) is 1.48. The highest BCUT2D eigenvalue weighted by Crippen LogP contribution is 2.20. The fourth-order valence-electron chi connectivity index (χ4n) is 1.39. The third-order valence-electron chi connectivity index (χ3n) is 2.37. The zero-order valence-corrected chi connectivity index (χ0v) is 9.71. The molecule has 0 aromatic heterocycles. The molecule has 0 saturated heterocycles. The second kappa shape index (κ2) is 6.15. The van der Waals surface area contributed by atoms with Crippen LogP contribution in [0, 0.1) is 5.82 Å². The Balaban J connectivity index is 2.72. The lowest BCUT2D eigenvalue weighted by Gasteiger charge is -2.20. The van der Waals surface area contributed by atoms with Crippen LogP contribution < -0.4 is 5.32 Å². The average Bonchev–Trinajstić information content (AvgIpc) is 2.29. The Hall–Kier alpha value is -0.680. The molecule has 0 fully saturated rings. The van der Waals surface area contributed by atoms with Crippen molar-refractivity contribution in [3.8, 4) is 0 Å². The van der Waals surface area contributed by atoms with Gasteiger partial charge in [-0.25, -0.2) is 4.39 Å². The summed E-state index contributed by atoms with van der Waals surface area (Å²) >= 11 is 5.66. The van der Waals surface area contributed by atoms with E-state index >= 15 is 0 Å². The third kappa shape index (κ3) is 3.42. The molecule has 1 atom stereocenters. The van der Waals surface area contributed by atoms with Crippen LogP contribution in [-0.4, -0.2) is 29.5 Å². The highest BCUT2D eigenvalue weighted by molar-refractivity contribution is 6.30. The molecule has 1 aromatic rings. The van der Waals surface area contributed by atoms with E-state index in [9.17, 15) is 4.39 Å². The molecule has 0 bridgehead atoms. The standard InChI is InChI=1S/C11H15ClFNO2/c1-7(14-9(5-15)6-16)8-2-3-11(13)10(12)4-8/h2-4,7,9,14-16H,5-6H2,1H3. The van der Waals surface area contributed by atoms with Gasteiger partial charge in [-0.3, -0.25) is 0 Å². The van der Waals surface area contributed by atoms with Gasteiger partial charge in [0, 0.05) is 6.04 Å². The van der Waals surface area contributed by atoms with Crippen LogP contribution in [0.5, 0.6) is 0 Å². The first-order chi connectivity index (χ1) is 7.58. The normalized spacial score (nSPS) is 13.1. The van der Waals surface area contributed by atoms with Gasteiger partial charge in [0.1, 0.15) is 5.82 Å². The Morgan fingerprint density at radius 3 is 2.50 bits per heavy atom. The van der Waals surface area contributed by atoms with E-state index in [4.69, 9.17) is 21.8 Å². The number of hydrogen-bond acceptors (Lipinski definition) is 3. The van der Waals surface area contributed by atoms with Gasteiger partial charge < -0.3 is 15.5 Å². The topological polar surface area (TPSA) is 52.5 Å². The maximum atomic E-state index is 12.9. The number of hydrogen-bond donors (Lipinski definition) is 3. The number of benzene rings is 1. The molecule has 1 unspecified atom stereocenters. The smallest absolute Gasteiger partial charge is 0.141 e. The van der Waals surface area contributed by atoms with Crippen LogP contribution in [0.4, 0.5) is 4.39 Å². The quantitative estimate of drug-likeness (QED) is 0.739. The molecule has 3 N–H and O–H groups in total. The maximum absolute atomic E-state index is 12.9. The molecule has 0 radical (unpaired) electrons. The van der Waals surface area contributed by atoms with E-state index in [0.29, 0.717) is 0 Å². The van der Waals surface area contributed by atoms with Crippen molar-refractivity contribution in [2.24, 2.45) is 0 Å². The lowest BCUT2D eigenvalue weighted by molar-refractivity contribution is 0.163. The number of rotatable bonds is 5. The summed E-state index contributed by atoms with van der Waals surface area (Å²) in [7, 11) is 0. The molecule has 0 amide bonds. The molecule has 0 spiro atoms. The Morgan fingerprint density at radius 1 is 1.38 bits per heavy atom. The van der Waals surface area contributed by atoms with Gasteiger partial charge in [-0.2, -0.15) is 0 Å². The third-order valence-corrected chi connectivity index (χ3v) is 2.66. The molecule has 0 aliphatic carbocycles. The van der Waals surface area contributed by atoms with Crippen LogP contribution in [0.25, 0.3) is 0 Å². The van der Waals surface area contributed by atoms with Crippen LogP contribution in [0.1, 0.15) is 18.5 Å². The fourth-order valence-corrected chi connectivity index (χ4v) is 1.58. The van der Waals surface area contributed by atoms with Gasteiger partial charge in [-0.1, -0.05) is 17.7 Å². The zero-order valence-electron chi connectivity index (χ0n) is 8.95. The van der Waals surface area contributed by atoms with E-state index in [0.717, 1.165) is 5.56 Å². The summed E-state index contributed by atoms with van der Waals surface area (Å²) in [6.07, 6.45) is 0. The first-order valence-corrected chi connectivity index (χ1v) is 5.39. The van der Waals surface area contributed by atoms with E-state index in [1.54, 1.807) is 6.07 Å². The van der Waals surface area contributed by atoms with Crippen LogP contribution in [-0.2, 0) is 0 Å². The molecule has 90 valence electrons. The molecule has 1 rings (SSSR count). The molecular weight excluding hydrogens is 233 g/mol. The largest absolute Gasteiger partial charge is 0.395 e. The average molecular weight is 248 g/mol. The summed E-state index contributed by atoms with van der Waals surface area (Å²) in [5, 5.41) is 20.9. The minimum absolute atomic E-state index is 0.0655. The van der Waals surface area contributed by atoms with Crippen LogP contribution in [0.3, 0.4) is 0 Å². The molecule has 0 saturated carbocycles. The monoisotopic (exact) mass is 247 g/mol. The summed E-state index contributed by atoms with van der Waals surface area (Å²) in [5.74, 6) is -0.460. The van der Waals surface area contributed by atoms with Crippen molar-refractivity contribution in [3.63, 3.8) is 0 Å². The predicted molar refractivity (Wildman–Crippen MR) is 60.9 cm³/mol. The van der Waals surface area contributed by atoms with Crippen molar-refractivity contribution >= 4 is 11.6 Å². The molecule has 16 heavy (non-hydrogen) atoms. The van der Waals surface area contributed by atoms with Gasteiger partial charge >= 0.3 is 0 Å². The molecule has 0 heterocycles. The zero-order chi connectivity index (χ0) is 12.1. The molecule has 0 aliphatic heterocycles. The second-order valence-corrected chi connectivity index (χ2v) is 4.03. The Morgan fingerprint density at radius 2 is 2.00 bits per heavy atom. The Labute approximate surface area is 98.9 Å². The van der Waals surface area contributed by atoms with Gasteiger partial charge in [0.25, 0.3) is 0 Å². The van der Waals surface area contributed by atoms with E-state index in [1.165, 1.54) is 12.1 Å². The summed E-state index contributed by atoms with van der Waals surface area (Å²) in [4.78, 5) is 0. The number of aliphatic hydroxyl groups is 2. The minimum Gasteiger partial charge on any atom is -0.395 e. The Bertz CT molecular complexity index is 345. The van der Waals surface area contributed by atoms with Gasteiger partial charge in [-0.05, 0) is 24.6 Å². The van der Waals surface area contributed by atoms with Crippen molar-refractivity contribution in [1.29, 1.82) is 0 Å². The highest BCUT2D eigenvalue weighted by atomic mass is 35.5. The summed E-state index contributed by atoms with van der Waals surface area (Å²) in [6, 6.07) is 3.93. The van der Waals surface area contributed by atoms with E-state index in [1.807, 2.05) is 6.92 Å². The van der Waals surface area contributed by atoms with Crippen molar-refractivity contribution < 1.29 is 14.6 Å². The minimum atomic E-state index is -0.460. The molecular formula is C11H15ClFNO2. The fraction of sp³-hybridized carbons (Fsp3) is 0.455. The van der Waals surface area contributed by atoms with Crippen LogP contribution in [0.2, 0.25) is 5.02 Å². The number of nitrogens with one attached hydrogen (secondary N) is 1. The number of aliphatic hydroxyl groups excluding tert-OH is 2. The summed E-state index contributed by atoms with van der Waals surface area (Å²) < 4.78 is 12.9. The summed E-state index contributed by atoms with van der Waals surface area (Å²) in [6.45, 7) is 1.54. The molecule has 0 aliphatic rings. The van der Waals surface area contributed by atoms with Crippen molar-refractivity contribution in [1.82, 2.24) is 5.32 Å². The van der Waals surface area contributed by atoms with Crippen molar-refractivity contribution in [2.45, 2.75) is 19.0 Å². The van der Waals surface area contributed by atoms with Crippen molar-refractivity contribution in [2.75, 3.05) is 13.2 Å². The first kappa shape index (κ1) is 13.4. The molecule has 5 heteroatoms. The maximum Gasteiger partial charge on any atom is 0.141 e. The first-order valence-electron chi connectivity index (χ1n) is 5.01. The number of halogens is 2. The lowest BCUT2D eigenvalue weighted by atomic mass is 10.1. The van der Waals surface area contributed by atoms with Gasteiger partial charge in [0.15, 0.2) is 0 Å². The summed E-state index contributed by atoms with van der Waals surface area (Å²) in [5.41, 5.74) is 0.804. The molecule has 1 aromatic carbocycles. The lowest BCUT2D eigenvalue weighted by Crippen LogP contribution is -2.37. The van der Waals surface area contributed by atoms with E-state index in [2.05, 4.69) is 5.32 Å². The van der Waals surface area contributed by atoms with Crippen LogP contribution >= 0.6 is 11.6 Å². The second-order valence-electron chi connectivity index (χ2n) is 3.62. The highest BCUT2D eigenvalue weighted by Gasteiger charge is 2.12. The van der Waals surface area contributed by atoms with Crippen molar-refractivity contribution in [3.05, 3.63) is 34.6 Å².